The first-order valence-corrected chi connectivity index (χ1v) is 13.0. The molecule has 1 saturated heterocycles. The van der Waals surface area contributed by atoms with Crippen molar-refractivity contribution in [3.8, 4) is 0 Å². The minimum absolute atomic E-state index is 0.00708. The maximum Gasteiger partial charge on any atom is 0.277 e. The molecule has 7 nitrogen and oxygen atoms in total. The predicted octanol–water partition coefficient (Wildman–Crippen LogP) is 2.32. The smallest absolute Gasteiger partial charge is 0.277 e. The molecule has 154 valence electrons. The van der Waals surface area contributed by atoms with Gasteiger partial charge in [0, 0.05) is 5.41 Å². The Kier molecular flexibility index (Phi) is 4.36. The molecule has 0 spiro atoms. The number of hydrogen-bond acceptors (Lipinski definition) is 7. The van der Waals surface area contributed by atoms with Crippen LogP contribution in [0.5, 0.6) is 0 Å². The molecule has 5 aliphatic rings. The van der Waals surface area contributed by atoms with E-state index in [4.69, 9.17) is 4.42 Å². The molecule has 5 fully saturated rings. The average Bonchev–Trinajstić information content (AvgIpc) is 3.16. The number of nitrogens with zero attached hydrogens (tertiary/aromatic N) is 2. The number of aromatic nitrogens is 2. The molecule has 4 saturated carbocycles. The molecule has 1 amide bonds. The van der Waals surface area contributed by atoms with Gasteiger partial charge in [-0.3, -0.25) is 4.79 Å². The summed E-state index contributed by atoms with van der Waals surface area (Å²) in [7, 11) is -3.05. The summed E-state index contributed by atoms with van der Waals surface area (Å²) in [5.74, 6) is 3.29. The summed E-state index contributed by atoms with van der Waals surface area (Å²) in [5.41, 5.74) is -0.607. The fraction of sp³-hybridized carbons (Fsp3) is 0.842. The lowest BCUT2D eigenvalue weighted by atomic mass is 9.49. The van der Waals surface area contributed by atoms with Gasteiger partial charge < -0.3 is 9.73 Å². The van der Waals surface area contributed by atoms with Crippen molar-refractivity contribution >= 4 is 27.5 Å². The minimum Gasteiger partial charge on any atom is -0.415 e. The summed E-state index contributed by atoms with van der Waals surface area (Å²) in [6, 6.07) is 0. The van der Waals surface area contributed by atoms with Gasteiger partial charge in [-0.2, -0.15) is 0 Å². The van der Waals surface area contributed by atoms with Crippen LogP contribution in [0.25, 0.3) is 0 Å². The second kappa shape index (κ2) is 6.45. The van der Waals surface area contributed by atoms with E-state index in [-0.39, 0.29) is 28.6 Å². The molecular weight excluding hydrogens is 398 g/mol. The van der Waals surface area contributed by atoms with Crippen LogP contribution in [0.4, 0.5) is 0 Å². The third kappa shape index (κ3) is 3.49. The maximum atomic E-state index is 12.3. The Morgan fingerprint density at radius 3 is 2.39 bits per heavy atom. The van der Waals surface area contributed by atoms with Crippen LogP contribution in [0.1, 0.15) is 57.8 Å². The molecule has 0 radical (unpaired) electrons. The Morgan fingerprint density at radius 2 is 1.82 bits per heavy atom. The van der Waals surface area contributed by atoms with Crippen LogP contribution in [0, 0.1) is 17.8 Å². The number of sulfone groups is 1. The highest BCUT2D eigenvalue weighted by molar-refractivity contribution is 7.99. The van der Waals surface area contributed by atoms with Gasteiger partial charge in [0.1, 0.15) is 0 Å². The number of rotatable bonds is 5. The summed E-state index contributed by atoms with van der Waals surface area (Å²) in [6.45, 7) is 1.79. The Bertz CT molecular complexity index is 861. The Morgan fingerprint density at radius 1 is 1.18 bits per heavy atom. The largest absolute Gasteiger partial charge is 0.415 e. The summed E-state index contributed by atoms with van der Waals surface area (Å²) in [4.78, 5) is 12.3. The molecule has 1 atom stereocenters. The van der Waals surface area contributed by atoms with Crippen LogP contribution in [-0.2, 0) is 20.0 Å². The number of carbonyl (C=O) groups is 1. The zero-order valence-corrected chi connectivity index (χ0v) is 17.8. The highest BCUT2D eigenvalue weighted by Crippen LogP contribution is 2.60. The van der Waals surface area contributed by atoms with E-state index in [2.05, 4.69) is 15.5 Å². The van der Waals surface area contributed by atoms with E-state index in [0.29, 0.717) is 11.6 Å². The van der Waals surface area contributed by atoms with Crippen LogP contribution < -0.4 is 5.32 Å². The van der Waals surface area contributed by atoms with Gasteiger partial charge in [-0.15, -0.1) is 10.2 Å². The first-order valence-electron chi connectivity index (χ1n) is 10.2. The number of thioether (sulfide) groups is 1. The zero-order chi connectivity index (χ0) is 19.6. The SMILES string of the molecule is C[C@@]1(NC(=O)CSc2nnc(C34CC5CC(CC(C5)C3)C4)o2)CCS(=O)(=O)C1. The first-order chi connectivity index (χ1) is 13.2. The molecule has 1 aliphatic heterocycles. The van der Waals surface area contributed by atoms with Gasteiger partial charge in [0.15, 0.2) is 9.84 Å². The molecular formula is C19H27N3O4S2. The molecule has 0 aromatic carbocycles. The number of amides is 1. The van der Waals surface area contributed by atoms with Crippen molar-refractivity contribution in [1.29, 1.82) is 0 Å². The molecule has 28 heavy (non-hydrogen) atoms. The summed E-state index contributed by atoms with van der Waals surface area (Å²) in [5, 5.41) is 11.9. The van der Waals surface area contributed by atoms with E-state index in [9.17, 15) is 13.2 Å². The second-order valence-corrected chi connectivity index (χ2v) is 12.9. The van der Waals surface area contributed by atoms with Gasteiger partial charge in [-0.25, -0.2) is 8.42 Å². The molecule has 6 rings (SSSR count). The Labute approximate surface area is 169 Å². The van der Waals surface area contributed by atoms with E-state index < -0.39 is 15.4 Å². The van der Waals surface area contributed by atoms with E-state index in [1.807, 2.05) is 0 Å². The van der Waals surface area contributed by atoms with Gasteiger partial charge in [0.25, 0.3) is 5.22 Å². The van der Waals surface area contributed by atoms with Crippen molar-refractivity contribution in [2.24, 2.45) is 17.8 Å². The van der Waals surface area contributed by atoms with Crippen molar-refractivity contribution in [2.75, 3.05) is 17.3 Å². The molecule has 2 heterocycles. The summed E-state index contributed by atoms with van der Waals surface area (Å²) < 4.78 is 29.4. The standard InChI is InChI=1S/C19H27N3O4S2/c1-18(2-3-28(24,25)11-18)20-15(23)10-27-17-22-21-16(26-17)19-7-12-4-13(8-19)6-14(5-12)9-19/h12-14H,2-11H2,1H3,(H,20,23)/t12?,13?,14?,18-,19?/m1/s1. The van der Waals surface area contributed by atoms with Crippen molar-refractivity contribution in [1.82, 2.24) is 15.5 Å². The molecule has 9 heteroatoms. The van der Waals surface area contributed by atoms with Crippen molar-refractivity contribution < 1.29 is 17.6 Å². The lowest BCUT2D eigenvalue weighted by molar-refractivity contribution is -0.120. The molecule has 1 aromatic heterocycles. The average molecular weight is 426 g/mol. The fourth-order valence-electron chi connectivity index (χ4n) is 6.46. The molecule has 0 unspecified atom stereocenters. The molecule has 4 aliphatic carbocycles. The van der Waals surface area contributed by atoms with Crippen molar-refractivity contribution in [3.63, 3.8) is 0 Å². The van der Waals surface area contributed by atoms with E-state index in [0.717, 1.165) is 23.6 Å². The lowest BCUT2D eigenvalue weighted by Gasteiger charge is -2.55. The van der Waals surface area contributed by atoms with Gasteiger partial charge in [-0.05, 0) is 69.6 Å². The third-order valence-electron chi connectivity index (χ3n) is 7.17. The Balaban J connectivity index is 1.20. The second-order valence-electron chi connectivity index (χ2n) is 9.81. The van der Waals surface area contributed by atoms with Gasteiger partial charge >= 0.3 is 0 Å². The highest BCUT2D eigenvalue weighted by atomic mass is 32.2. The van der Waals surface area contributed by atoms with Crippen LogP contribution >= 0.6 is 11.8 Å². The lowest BCUT2D eigenvalue weighted by Crippen LogP contribution is -2.48. The molecule has 1 aromatic rings. The van der Waals surface area contributed by atoms with Gasteiger partial charge in [0.2, 0.25) is 11.8 Å². The molecule has 4 bridgehead atoms. The predicted molar refractivity (Wildman–Crippen MR) is 105 cm³/mol. The summed E-state index contributed by atoms with van der Waals surface area (Å²) in [6.07, 6.45) is 8.05. The van der Waals surface area contributed by atoms with Crippen molar-refractivity contribution in [3.05, 3.63) is 5.89 Å². The van der Waals surface area contributed by atoms with E-state index in [1.54, 1.807) is 6.92 Å². The van der Waals surface area contributed by atoms with Crippen LogP contribution in [0.3, 0.4) is 0 Å². The van der Waals surface area contributed by atoms with E-state index >= 15 is 0 Å². The van der Waals surface area contributed by atoms with Gasteiger partial charge in [0.05, 0.1) is 22.8 Å². The Hall–Kier alpha value is -1.09. The summed E-state index contributed by atoms with van der Waals surface area (Å²) >= 11 is 1.23. The number of hydrogen-bond donors (Lipinski definition) is 1. The van der Waals surface area contributed by atoms with Crippen LogP contribution in [-0.4, -0.2) is 47.3 Å². The first kappa shape index (κ1) is 18.9. The monoisotopic (exact) mass is 425 g/mol. The number of carbonyl (C=O) groups excluding carboxylic acids is 1. The quantitative estimate of drug-likeness (QED) is 0.722. The maximum absolute atomic E-state index is 12.3. The minimum atomic E-state index is -3.05. The topological polar surface area (TPSA) is 102 Å². The normalized spacial score (nSPS) is 40.7. The fourth-order valence-corrected chi connectivity index (χ4v) is 9.12. The molecule has 1 N–H and O–H groups in total. The highest BCUT2D eigenvalue weighted by Gasteiger charge is 2.54. The number of nitrogens with one attached hydrogen (secondary N) is 1. The van der Waals surface area contributed by atoms with Crippen molar-refractivity contribution in [2.45, 2.75) is 68.0 Å². The third-order valence-corrected chi connectivity index (χ3v) is 9.89. The van der Waals surface area contributed by atoms with E-state index in [1.165, 1.54) is 50.3 Å². The van der Waals surface area contributed by atoms with Crippen LogP contribution in [0.15, 0.2) is 9.64 Å². The van der Waals surface area contributed by atoms with Gasteiger partial charge in [-0.1, -0.05) is 11.8 Å². The zero-order valence-electron chi connectivity index (χ0n) is 16.1. The van der Waals surface area contributed by atoms with Crippen LogP contribution in [0.2, 0.25) is 0 Å².